The van der Waals surface area contributed by atoms with E-state index >= 15 is 0 Å². The summed E-state index contributed by atoms with van der Waals surface area (Å²) in [4.78, 5) is 0. The summed E-state index contributed by atoms with van der Waals surface area (Å²) in [5.41, 5.74) is 2.58. The van der Waals surface area contributed by atoms with Gasteiger partial charge in [-0.3, -0.25) is 0 Å². The zero-order valence-electron chi connectivity index (χ0n) is 10.7. The van der Waals surface area contributed by atoms with Crippen LogP contribution in [-0.2, 0) is 4.74 Å². The second kappa shape index (κ2) is 5.88. The van der Waals surface area contributed by atoms with E-state index in [1.165, 1.54) is 17.5 Å². The molecule has 0 saturated carbocycles. The third kappa shape index (κ3) is 3.02. The summed E-state index contributed by atoms with van der Waals surface area (Å²) in [5, 5.41) is 0.00322. The molecule has 17 heavy (non-hydrogen) atoms. The van der Waals surface area contributed by atoms with Crippen LogP contribution < -0.4 is 0 Å². The highest BCUT2D eigenvalue weighted by atomic mass is 35.5. The van der Waals surface area contributed by atoms with Crippen LogP contribution in [0.3, 0.4) is 0 Å². The molecule has 1 heterocycles. The molecule has 0 amide bonds. The van der Waals surface area contributed by atoms with Gasteiger partial charge in [0.15, 0.2) is 0 Å². The maximum Gasteiger partial charge on any atom is 0.0847 e. The molecule has 0 aromatic heterocycles. The van der Waals surface area contributed by atoms with Gasteiger partial charge in [0.05, 0.1) is 11.5 Å². The Balaban J connectivity index is 2.06. The largest absolute Gasteiger partial charge is 0.376 e. The molecule has 1 saturated heterocycles. The van der Waals surface area contributed by atoms with Gasteiger partial charge >= 0.3 is 0 Å². The molecule has 0 radical (unpaired) electrons. The van der Waals surface area contributed by atoms with Crippen LogP contribution in [0.25, 0.3) is 0 Å². The lowest BCUT2D eigenvalue weighted by atomic mass is 9.96. The lowest BCUT2D eigenvalue weighted by Crippen LogP contribution is -2.12. The number of ether oxygens (including phenoxy) is 1. The summed E-state index contributed by atoms with van der Waals surface area (Å²) < 4.78 is 5.64. The van der Waals surface area contributed by atoms with E-state index in [1.807, 2.05) is 0 Å². The third-order valence-corrected chi connectivity index (χ3v) is 4.26. The van der Waals surface area contributed by atoms with E-state index in [2.05, 4.69) is 38.1 Å². The van der Waals surface area contributed by atoms with Crippen molar-refractivity contribution in [3.8, 4) is 0 Å². The van der Waals surface area contributed by atoms with Crippen molar-refractivity contribution in [2.24, 2.45) is 0 Å². The summed E-state index contributed by atoms with van der Waals surface area (Å²) in [6.45, 7) is 5.33. The predicted molar refractivity (Wildman–Crippen MR) is 72.7 cm³/mol. The molecule has 1 nitrogen and oxygen atoms in total. The highest BCUT2D eigenvalue weighted by Gasteiger charge is 2.25. The van der Waals surface area contributed by atoms with E-state index in [4.69, 9.17) is 16.3 Å². The molecular weight excluding hydrogens is 232 g/mol. The van der Waals surface area contributed by atoms with Gasteiger partial charge < -0.3 is 4.74 Å². The molecule has 94 valence electrons. The molecule has 2 rings (SSSR count). The zero-order chi connectivity index (χ0) is 12.3. The fraction of sp³-hybridized carbons (Fsp3) is 0.600. The van der Waals surface area contributed by atoms with Crippen LogP contribution in [0.15, 0.2) is 24.3 Å². The van der Waals surface area contributed by atoms with Crippen LogP contribution in [0.5, 0.6) is 0 Å². The van der Waals surface area contributed by atoms with E-state index in [-0.39, 0.29) is 11.5 Å². The Kier molecular flexibility index (Phi) is 4.47. The number of halogens is 1. The number of rotatable bonds is 4. The Morgan fingerprint density at radius 2 is 1.94 bits per heavy atom. The average molecular weight is 253 g/mol. The fourth-order valence-electron chi connectivity index (χ4n) is 2.29. The van der Waals surface area contributed by atoms with Gasteiger partial charge in [-0.2, -0.15) is 0 Å². The maximum absolute atomic E-state index is 6.45. The minimum atomic E-state index is 0.00322. The first-order valence-corrected chi connectivity index (χ1v) is 7.01. The Bertz CT molecular complexity index is 340. The number of benzene rings is 1. The fourth-order valence-corrected chi connectivity index (χ4v) is 2.64. The van der Waals surface area contributed by atoms with Gasteiger partial charge in [0.1, 0.15) is 0 Å². The van der Waals surface area contributed by atoms with E-state index < -0.39 is 0 Å². The maximum atomic E-state index is 6.45. The Hall–Kier alpha value is -0.530. The van der Waals surface area contributed by atoms with Crippen LogP contribution >= 0.6 is 11.6 Å². The van der Waals surface area contributed by atoms with Crippen molar-refractivity contribution in [2.75, 3.05) is 6.61 Å². The smallest absolute Gasteiger partial charge is 0.0847 e. The minimum Gasteiger partial charge on any atom is -0.376 e. The molecule has 1 aromatic carbocycles. The first-order valence-electron chi connectivity index (χ1n) is 6.58. The number of alkyl halides is 1. The predicted octanol–water partition coefficient (Wildman–Crippen LogP) is 4.66. The SMILES string of the molecule is CCC(C)c1ccc(C(Cl)C2CCCO2)cc1. The third-order valence-electron chi connectivity index (χ3n) is 3.73. The molecule has 3 atom stereocenters. The van der Waals surface area contributed by atoms with E-state index in [9.17, 15) is 0 Å². The Morgan fingerprint density at radius 3 is 2.47 bits per heavy atom. The number of hydrogen-bond donors (Lipinski definition) is 0. The highest BCUT2D eigenvalue weighted by molar-refractivity contribution is 6.21. The van der Waals surface area contributed by atoms with E-state index in [0.29, 0.717) is 5.92 Å². The van der Waals surface area contributed by atoms with Crippen LogP contribution in [0.4, 0.5) is 0 Å². The lowest BCUT2D eigenvalue weighted by Gasteiger charge is -2.18. The Labute approximate surface area is 109 Å². The molecule has 0 bridgehead atoms. The quantitative estimate of drug-likeness (QED) is 0.709. The molecule has 0 aliphatic carbocycles. The lowest BCUT2D eigenvalue weighted by molar-refractivity contribution is 0.107. The monoisotopic (exact) mass is 252 g/mol. The Morgan fingerprint density at radius 1 is 1.29 bits per heavy atom. The molecule has 3 unspecified atom stereocenters. The average Bonchev–Trinajstić information content (AvgIpc) is 2.91. The van der Waals surface area contributed by atoms with Crippen LogP contribution in [0.1, 0.15) is 55.5 Å². The second-order valence-electron chi connectivity index (χ2n) is 4.93. The van der Waals surface area contributed by atoms with Gasteiger partial charge in [0, 0.05) is 6.61 Å². The van der Waals surface area contributed by atoms with Crippen LogP contribution in [0.2, 0.25) is 0 Å². The van der Waals surface area contributed by atoms with Gasteiger partial charge in [-0.1, -0.05) is 38.1 Å². The van der Waals surface area contributed by atoms with E-state index in [1.54, 1.807) is 0 Å². The molecule has 0 spiro atoms. The van der Waals surface area contributed by atoms with Crippen molar-refractivity contribution in [3.63, 3.8) is 0 Å². The van der Waals surface area contributed by atoms with Crippen molar-refractivity contribution in [2.45, 2.75) is 50.5 Å². The summed E-state index contributed by atoms with van der Waals surface area (Å²) in [6.07, 6.45) is 3.60. The van der Waals surface area contributed by atoms with Crippen LogP contribution in [-0.4, -0.2) is 12.7 Å². The van der Waals surface area contributed by atoms with Gasteiger partial charge in [-0.15, -0.1) is 11.6 Å². The number of hydrogen-bond acceptors (Lipinski definition) is 1. The molecule has 1 aromatic rings. The zero-order valence-corrected chi connectivity index (χ0v) is 11.4. The van der Waals surface area contributed by atoms with Crippen LogP contribution in [0, 0.1) is 0 Å². The van der Waals surface area contributed by atoms with E-state index in [0.717, 1.165) is 19.4 Å². The minimum absolute atomic E-state index is 0.00322. The van der Waals surface area contributed by atoms with Crippen molar-refractivity contribution in [3.05, 3.63) is 35.4 Å². The van der Waals surface area contributed by atoms with Gasteiger partial charge in [-0.25, -0.2) is 0 Å². The van der Waals surface area contributed by atoms with Gasteiger partial charge in [-0.05, 0) is 36.3 Å². The summed E-state index contributed by atoms with van der Waals surface area (Å²) in [6, 6.07) is 8.71. The molecule has 0 N–H and O–H groups in total. The first kappa shape index (κ1) is 12.9. The summed E-state index contributed by atoms with van der Waals surface area (Å²) in [5.74, 6) is 0.626. The molecule has 2 heteroatoms. The molecular formula is C15H21ClO. The second-order valence-corrected chi connectivity index (χ2v) is 5.40. The summed E-state index contributed by atoms with van der Waals surface area (Å²) >= 11 is 6.45. The molecule has 1 aliphatic heterocycles. The summed E-state index contributed by atoms with van der Waals surface area (Å²) in [7, 11) is 0. The van der Waals surface area contributed by atoms with Crippen molar-refractivity contribution < 1.29 is 4.74 Å². The topological polar surface area (TPSA) is 9.23 Å². The standard InChI is InChI=1S/C15H21ClO/c1-3-11(2)12-6-8-13(9-7-12)15(16)14-5-4-10-17-14/h6-9,11,14-15H,3-5,10H2,1-2H3. The van der Waals surface area contributed by atoms with Crippen molar-refractivity contribution in [1.29, 1.82) is 0 Å². The van der Waals surface area contributed by atoms with Crippen molar-refractivity contribution in [1.82, 2.24) is 0 Å². The van der Waals surface area contributed by atoms with Gasteiger partial charge in [0.25, 0.3) is 0 Å². The first-order chi connectivity index (χ1) is 8.22. The highest BCUT2D eigenvalue weighted by Crippen LogP contribution is 2.33. The van der Waals surface area contributed by atoms with Crippen molar-refractivity contribution >= 4 is 11.6 Å². The van der Waals surface area contributed by atoms with Gasteiger partial charge in [0.2, 0.25) is 0 Å². The normalized spacial score (nSPS) is 23.6. The molecule has 1 aliphatic rings. The molecule has 1 fully saturated rings.